The van der Waals surface area contributed by atoms with Crippen LogP contribution in [0.4, 0.5) is 18.9 Å². The lowest BCUT2D eigenvalue weighted by Gasteiger charge is -2.14. The standard InChI is InChI=1S/C10H12F3NO4/c11-10(12,13)18-7-1-2-9(17)8(3-7)14-4-6(16)5-15/h1-3,6,14-17H,4-5H2. The number of alkyl halides is 3. The van der Waals surface area contributed by atoms with Crippen molar-refractivity contribution >= 4 is 5.69 Å². The SMILES string of the molecule is OCC(O)CNc1cc(OC(F)(F)F)ccc1O. The third kappa shape index (κ3) is 4.68. The first-order chi connectivity index (χ1) is 8.31. The summed E-state index contributed by atoms with van der Waals surface area (Å²) in [5.74, 6) is -0.795. The maximum absolute atomic E-state index is 12.0. The number of phenols is 1. The van der Waals surface area contributed by atoms with Crippen LogP contribution in [0.15, 0.2) is 18.2 Å². The lowest BCUT2D eigenvalue weighted by atomic mass is 10.2. The first-order valence-corrected chi connectivity index (χ1v) is 4.93. The third-order valence-corrected chi connectivity index (χ3v) is 1.94. The Kier molecular flexibility index (Phi) is 4.62. The number of anilines is 1. The molecular formula is C10H12F3NO4. The zero-order chi connectivity index (χ0) is 13.8. The minimum atomic E-state index is -4.82. The number of halogens is 3. The fourth-order valence-electron chi connectivity index (χ4n) is 1.15. The van der Waals surface area contributed by atoms with E-state index < -0.39 is 24.8 Å². The van der Waals surface area contributed by atoms with Crippen LogP contribution >= 0.6 is 0 Å². The summed E-state index contributed by atoms with van der Waals surface area (Å²) in [5, 5.41) is 29.5. The predicted molar refractivity (Wildman–Crippen MR) is 56.4 cm³/mol. The fourth-order valence-corrected chi connectivity index (χ4v) is 1.15. The zero-order valence-electron chi connectivity index (χ0n) is 9.11. The molecule has 0 saturated heterocycles. The van der Waals surface area contributed by atoms with Gasteiger partial charge in [-0.05, 0) is 12.1 Å². The van der Waals surface area contributed by atoms with Crippen LogP contribution < -0.4 is 10.1 Å². The maximum atomic E-state index is 12.0. The quantitative estimate of drug-likeness (QED) is 0.600. The van der Waals surface area contributed by atoms with Crippen LogP contribution in [0.1, 0.15) is 0 Å². The van der Waals surface area contributed by atoms with E-state index in [4.69, 9.17) is 10.2 Å². The number of rotatable bonds is 5. The molecule has 0 amide bonds. The molecule has 102 valence electrons. The lowest BCUT2D eigenvalue weighted by molar-refractivity contribution is -0.274. The van der Waals surface area contributed by atoms with Gasteiger partial charge >= 0.3 is 6.36 Å². The topological polar surface area (TPSA) is 82.0 Å². The summed E-state index contributed by atoms with van der Waals surface area (Å²) in [5.41, 5.74) is -0.0377. The average molecular weight is 267 g/mol. The van der Waals surface area contributed by atoms with E-state index in [-0.39, 0.29) is 18.0 Å². The van der Waals surface area contributed by atoms with E-state index in [2.05, 4.69) is 10.1 Å². The second-order valence-electron chi connectivity index (χ2n) is 3.44. The van der Waals surface area contributed by atoms with Crippen molar-refractivity contribution in [3.63, 3.8) is 0 Å². The number of ether oxygens (including phenoxy) is 1. The Bertz CT molecular complexity index is 397. The van der Waals surface area contributed by atoms with Gasteiger partial charge in [0, 0.05) is 12.6 Å². The molecule has 1 aromatic carbocycles. The largest absolute Gasteiger partial charge is 0.573 e. The summed E-state index contributed by atoms with van der Waals surface area (Å²) in [4.78, 5) is 0. The van der Waals surface area contributed by atoms with Crippen molar-refractivity contribution in [2.45, 2.75) is 12.5 Å². The molecule has 1 atom stereocenters. The molecule has 0 saturated carbocycles. The number of aromatic hydroxyl groups is 1. The van der Waals surface area contributed by atoms with Crippen molar-refractivity contribution in [2.24, 2.45) is 0 Å². The molecule has 1 unspecified atom stereocenters. The first kappa shape index (κ1) is 14.4. The molecule has 0 radical (unpaired) electrons. The van der Waals surface area contributed by atoms with Crippen LogP contribution in [0.25, 0.3) is 0 Å². The molecule has 0 aliphatic heterocycles. The summed E-state index contributed by atoms with van der Waals surface area (Å²) in [6, 6.07) is 2.91. The number of hydrogen-bond acceptors (Lipinski definition) is 5. The molecule has 5 nitrogen and oxygen atoms in total. The summed E-state index contributed by atoms with van der Waals surface area (Å²) in [6.07, 6.45) is -5.91. The van der Waals surface area contributed by atoms with E-state index in [9.17, 15) is 18.3 Å². The van der Waals surface area contributed by atoms with Gasteiger partial charge in [0.2, 0.25) is 0 Å². The van der Waals surface area contributed by atoms with E-state index in [0.29, 0.717) is 0 Å². The van der Waals surface area contributed by atoms with Gasteiger partial charge in [-0.25, -0.2) is 0 Å². The number of benzene rings is 1. The number of aliphatic hydroxyl groups excluding tert-OH is 2. The summed E-state index contributed by atoms with van der Waals surface area (Å²) >= 11 is 0. The van der Waals surface area contributed by atoms with Crippen LogP contribution in [0.3, 0.4) is 0 Å². The minimum absolute atomic E-state index is 0.0377. The molecular weight excluding hydrogens is 255 g/mol. The Morgan fingerprint density at radius 1 is 1.33 bits per heavy atom. The smallest absolute Gasteiger partial charge is 0.506 e. The van der Waals surface area contributed by atoms with Crippen molar-refractivity contribution in [3.8, 4) is 11.5 Å². The first-order valence-electron chi connectivity index (χ1n) is 4.93. The fraction of sp³-hybridized carbons (Fsp3) is 0.400. The van der Waals surface area contributed by atoms with Gasteiger partial charge in [0.15, 0.2) is 0 Å². The van der Waals surface area contributed by atoms with Gasteiger partial charge in [0.1, 0.15) is 11.5 Å². The molecule has 18 heavy (non-hydrogen) atoms. The highest BCUT2D eigenvalue weighted by molar-refractivity contribution is 5.59. The van der Waals surface area contributed by atoms with E-state index >= 15 is 0 Å². The molecule has 4 N–H and O–H groups in total. The summed E-state index contributed by atoms with van der Waals surface area (Å²) < 4.78 is 39.6. The monoisotopic (exact) mass is 267 g/mol. The highest BCUT2D eigenvalue weighted by Crippen LogP contribution is 2.31. The Labute approximate surface area is 100 Å². The van der Waals surface area contributed by atoms with Crippen molar-refractivity contribution in [1.82, 2.24) is 0 Å². The summed E-state index contributed by atoms with van der Waals surface area (Å²) in [7, 11) is 0. The van der Waals surface area contributed by atoms with Crippen molar-refractivity contribution in [1.29, 1.82) is 0 Å². The molecule has 0 aliphatic carbocycles. The van der Waals surface area contributed by atoms with Gasteiger partial charge in [-0.15, -0.1) is 13.2 Å². The van der Waals surface area contributed by atoms with E-state index in [0.717, 1.165) is 18.2 Å². The molecule has 1 aromatic rings. The molecule has 0 heterocycles. The minimum Gasteiger partial charge on any atom is -0.506 e. The molecule has 0 aromatic heterocycles. The van der Waals surface area contributed by atoms with Gasteiger partial charge in [-0.2, -0.15) is 0 Å². The second kappa shape index (κ2) is 5.78. The molecule has 8 heteroatoms. The molecule has 0 fully saturated rings. The summed E-state index contributed by atoms with van der Waals surface area (Å²) in [6.45, 7) is -0.633. The van der Waals surface area contributed by atoms with Crippen molar-refractivity contribution in [3.05, 3.63) is 18.2 Å². The van der Waals surface area contributed by atoms with Crippen molar-refractivity contribution in [2.75, 3.05) is 18.5 Å². The zero-order valence-corrected chi connectivity index (χ0v) is 9.11. The van der Waals surface area contributed by atoms with Crippen LogP contribution in [0, 0.1) is 0 Å². The molecule has 0 aliphatic rings. The van der Waals surface area contributed by atoms with Crippen LogP contribution in [-0.4, -0.2) is 40.9 Å². The van der Waals surface area contributed by atoms with Gasteiger partial charge in [-0.1, -0.05) is 0 Å². The molecule has 0 spiro atoms. The van der Waals surface area contributed by atoms with Crippen LogP contribution in [0.5, 0.6) is 11.5 Å². The molecule has 0 bridgehead atoms. The Morgan fingerprint density at radius 2 is 2.00 bits per heavy atom. The number of hydrogen-bond donors (Lipinski definition) is 4. The highest BCUT2D eigenvalue weighted by atomic mass is 19.4. The van der Waals surface area contributed by atoms with E-state index in [1.54, 1.807) is 0 Å². The Hall–Kier alpha value is -1.67. The van der Waals surface area contributed by atoms with Gasteiger partial charge in [0.05, 0.1) is 18.4 Å². The highest BCUT2D eigenvalue weighted by Gasteiger charge is 2.31. The van der Waals surface area contributed by atoms with E-state index in [1.807, 2.05) is 0 Å². The number of phenolic OH excluding ortho intramolecular Hbond substituents is 1. The van der Waals surface area contributed by atoms with Gasteiger partial charge < -0.3 is 25.4 Å². The van der Waals surface area contributed by atoms with Gasteiger partial charge in [0.25, 0.3) is 0 Å². The third-order valence-electron chi connectivity index (χ3n) is 1.94. The molecule has 1 rings (SSSR count). The average Bonchev–Trinajstić information content (AvgIpc) is 2.27. The second-order valence-corrected chi connectivity index (χ2v) is 3.44. The van der Waals surface area contributed by atoms with Crippen LogP contribution in [-0.2, 0) is 0 Å². The lowest BCUT2D eigenvalue weighted by Crippen LogP contribution is -2.23. The van der Waals surface area contributed by atoms with E-state index in [1.165, 1.54) is 0 Å². The normalized spacial score (nSPS) is 13.2. The number of aliphatic hydroxyl groups is 2. The maximum Gasteiger partial charge on any atom is 0.573 e. The van der Waals surface area contributed by atoms with Crippen LogP contribution in [0.2, 0.25) is 0 Å². The Morgan fingerprint density at radius 3 is 2.56 bits per heavy atom. The predicted octanol–water partition coefficient (Wildman–Crippen LogP) is 1.06. The van der Waals surface area contributed by atoms with Gasteiger partial charge in [-0.3, -0.25) is 0 Å². The number of nitrogens with one attached hydrogen (secondary N) is 1. The Balaban J connectivity index is 2.75. The van der Waals surface area contributed by atoms with Crippen molar-refractivity contribution < 1.29 is 33.2 Å².